The number of unbranched alkanes of at least 4 members (excludes halogenated alkanes) is 3. The molecular weight excluding hydrogens is 244 g/mol. The number of halogens is 1. The van der Waals surface area contributed by atoms with Crippen LogP contribution < -0.4 is 18.3 Å². The summed E-state index contributed by atoms with van der Waals surface area (Å²) in [6.07, 6.45) is 5.07. The SMILES string of the molecule is CCCCCCc1ccccc1O[Cl+3]([O-])([O-])[O-]. The van der Waals surface area contributed by atoms with Crippen molar-refractivity contribution in [1.29, 1.82) is 0 Å². The highest BCUT2D eigenvalue weighted by Crippen LogP contribution is 2.22. The van der Waals surface area contributed by atoms with Crippen LogP contribution in [0, 0.1) is 10.2 Å². The van der Waals surface area contributed by atoms with Crippen LogP contribution in [-0.4, -0.2) is 0 Å². The lowest BCUT2D eigenvalue weighted by atomic mass is 10.1. The van der Waals surface area contributed by atoms with Gasteiger partial charge in [0.2, 0.25) is 0 Å². The Morgan fingerprint density at radius 2 is 1.76 bits per heavy atom. The second-order valence-corrected chi connectivity index (χ2v) is 4.78. The van der Waals surface area contributed by atoms with E-state index in [1.165, 1.54) is 6.07 Å². The molecule has 0 bridgehead atoms. The monoisotopic (exact) mass is 260 g/mol. The zero-order valence-corrected chi connectivity index (χ0v) is 10.6. The molecule has 0 amide bonds. The molecule has 5 heteroatoms. The molecule has 1 aromatic carbocycles. The van der Waals surface area contributed by atoms with Gasteiger partial charge >= 0.3 is 0 Å². The Morgan fingerprint density at radius 1 is 1.06 bits per heavy atom. The van der Waals surface area contributed by atoms with Gasteiger partial charge in [0.1, 0.15) is 10.2 Å². The maximum atomic E-state index is 10.5. The van der Waals surface area contributed by atoms with Gasteiger partial charge in [-0.25, -0.2) is 0 Å². The molecule has 0 N–H and O–H groups in total. The average Bonchev–Trinajstić information content (AvgIpc) is 2.24. The molecule has 0 aliphatic rings. The summed E-state index contributed by atoms with van der Waals surface area (Å²) in [6.45, 7) is 2.12. The van der Waals surface area contributed by atoms with E-state index in [0.717, 1.165) is 37.7 Å². The van der Waals surface area contributed by atoms with Crippen LogP contribution in [0.5, 0.6) is 5.75 Å². The van der Waals surface area contributed by atoms with E-state index in [2.05, 4.69) is 11.2 Å². The summed E-state index contributed by atoms with van der Waals surface area (Å²) in [4.78, 5) is 0. The third-order valence-electron chi connectivity index (χ3n) is 2.45. The normalized spacial score (nSPS) is 11.5. The van der Waals surface area contributed by atoms with E-state index in [9.17, 15) is 14.0 Å². The number of hydrogen-bond acceptors (Lipinski definition) is 4. The number of aryl methyl sites for hydroxylation is 1. The number of hydrogen-bond donors (Lipinski definition) is 0. The Morgan fingerprint density at radius 3 is 2.41 bits per heavy atom. The van der Waals surface area contributed by atoms with Crippen LogP contribution in [0.3, 0.4) is 0 Å². The first-order valence-electron chi connectivity index (χ1n) is 5.71. The summed E-state index contributed by atoms with van der Waals surface area (Å²) in [6, 6.07) is 6.72. The zero-order valence-electron chi connectivity index (χ0n) is 9.86. The topological polar surface area (TPSA) is 78.4 Å². The molecule has 0 saturated carbocycles. The summed E-state index contributed by atoms with van der Waals surface area (Å²) < 4.78 is 35.9. The van der Waals surface area contributed by atoms with Crippen LogP contribution in [0.4, 0.5) is 0 Å². The molecule has 4 nitrogen and oxygen atoms in total. The molecule has 0 aliphatic carbocycles. The molecule has 0 spiro atoms. The minimum Gasteiger partial charge on any atom is -0.167 e. The summed E-state index contributed by atoms with van der Waals surface area (Å²) in [5.74, 6) is 0.140. The minimum absolute atomic E-state index is 0.140. The van der Waals surface area contributed by atoms with E-state index in [0.29, 0.717) is 0 Å². The predicted molar refractivity (Wildman–Crippen MR) is 54.9 cm³/mol. The molecule has 0 aliphatic heterocycles. The van der Waals surface area contributed by atoms with Crippen molar-refractivity contribution in [2.24, 2.45) is 0 Å². The van der Waals surface area contributed by atoms with Crippen molar-refractivity contribution in [1.82, 2.24) is 0 Å². The van der Waals surface area contributed by atoms with Crippen LogP contribution >= 0.6 is 0 Å². The van der Waals surface area contributed by atoms with Crippen molar-refractivity contribution >= 4 is 0 Å². The Labute approximate surface area is 104 Å². The van der Waals surface area contributed by atoms with E-state index in [4.69, 9.17) is 0 Å². The average molecular weight is 261 g/mol. The first kappa shape index (κ1) is 14.3. The van der Waals surface area contributed by atoms with Gasteiger partial charge in [-0.2, -0.15) is 14.0 Å². The standard InChI is InChI=1S/C12H17ClO4/c1-2-3-4-5-8-11-9-6-7-10-12(11)17-13(14,15)16/h6-7,9-10H,2-5,8H2,1H3. The largest absolute Gasteiger partial charge is 0.291 e. The highest BCUT2D eigenvalue weighted by atomic mass is 35.7. The van der Waals surface area contributed by atoms with E-state index in [1.54, 1.807) is 18.2 Å². The molecule has 0 saturated heterocycles. The summed E-state index contributed by atoms with van der Waals surface area (Å²) in [5, 5.41) is 0. The van der Waals surface area contributed by atoms with Gasteiger partial charge in [0.05, 0.1) is 0 Å². The van der Waals surface area contributed by atoms with Crippen molar-refractivity contribution in [2.45, 2.75) is 39.0 Å². The molecule has 0 radical (unpaired) electrons. The summed E-state index contributed by atoms with van der Waals surface area (Å²) in [5.41, 5.74) is 0.760. The Hall–Kier alpha value is -0.810. The van der Waals surface area contributed by atoms with E-state index in [1.807, 2.05) is 0 Å². The van der Waals surface area contributed by atoms with Crippen molar-refractivity contribution in [3.05, 3.63) is 29.8 Å². The molecular formula is C12H17ClO4. The van der Waals surface area contributed by atoms with Crippen molar-refractivity contribution < 1.29 is 28.5 Å². The fourth-order valence-corrected chi connectivity index (χ4v) is 1.98. The lowest BCUT2D eigenvalue weighted by Gasteiger charge is -2.13. The van der Waals surface area contributed by atoms with Gasteiger partial charge in [0, 0.05) is 5.56 Å². The first-order chi connectivity index (χ1) is 8.03. The van der Waals surface area contributed by atoms with Gasteiger partial charge in [0.25, 0.3) is 5.75 Å². The van der Waals surface area contributed by atoms with Gasteiger partial charge in [-0.05, 0) is 18.9 Å². The molecule has 96 valence electrons. The molecule has 1 rings (SSSR count). The zero-order chi connectivity index (χ0) is 12.7. The molecule has 0 heterocycles. The number of benzene rings is 1. The van der Waals surface area contributed by atoms with Crippen molar-refractivity contribution in [3.8, 4) is 5.75 Å². The Balaban J connectivity index is 2.58. The lowest BCUT2D eigenvalue weighted by molar-refractivity contribution is -1.91. The van der Waals surface area contributed by atoms with Gasteiger partial charge in [-0.1, -0.05) is 48.7 Å². The Bertz CT molecular complexity index is 336. The maximum Gasteiger partial charge on any atom is 0.291 e. The molecule has 0 atom stereocenters. The molecule has 17 heavy (non-hydrogen) atoms. The maximum absolute atomic E-state index is 10.5. The predicted octanol–water partition coefficient (Wildman–Crippen LogP) is 0.0855. The second-order valence-electron chi connectivity index (χ2n) is 3.87. The molecule has 1 aromatic rings. The number of para-hydroxylation sites is 1. The van der Waals surface area contributed by atoms with Crippen molar-refractivity contribution in [2.75, 3.05) is 0 Å². The third kappa shape index (κ3) is 5.89. The van der Waals surface area contributed by atoms with Crippen molar-refractivity contribution in [3.63, 3.8) is 0 Å². The Kier molecular flexibility index (Phi) is 5.71. The third-order valence-corrected chi connectivity index (χ3v) is 2.81. The van der Waals surface area contributed by atoms with E-state index < -0.39 is 10.2 Å². The highest BCUT2D eigenvalue weighted by molar-refractivity contribution is 5.32. The van der Waals surface area contributed by atoms with Crippen LogP contribution in [0.2, 0.25) is 0 Å². The van der Waals surface area contributed by atoms with Gasteiger partial charge in [-0.3, -0.25) is 0 Å². The quantitative estimate of drug-likeness (QED) is 0.651. The van der Waals surface area contributed by atoms with Gasteiger partial charge in [0.15, 0.2) is 0 Å². The van der Waals surface area contributed by atoms with Gasteiger partial charge < -0.3 is 0 Å². The van der Waals surface area contributed by atoms with Crippen LogP contribution in [0.25, 0.3) is 0 Å². The minimum atomic E-state index is -4.41. The van der Waals surface area contributed by atoms with Gasteiger partial charge in [-0.15, -0.1) is 0 Å². The molecule has 0 unspecified atom stereocenters. The highest BCUT2D eigenvalue weighted by Gasteiger charge is 2.21. The van der Waals surface area contributed by atoms with Crippen LogP contribution in [0.1, 0.15) is 38.2 Å². The summed E-state index contributed by atoms with van der Waals surface area (Å²) >= 11 is 0. The first-order valence-corrected chi connectivity index (χ1v) is 6.94. The van der Waals surface area contributed by atoms with E-state index in [-0.39, 0.29) is 5.75 Å². The second kappa shape index (κ2) is 6.81. The van der Waals surface area contributed by atoms with Crippen LogP contribution in [0.15, 0.2) is 24.3 Å². The fraction of sp³-hybridized carbons (Fsp3) is 0.500. The van der Waals surface area contributed by atoms with Crippen LogP contribution in [-0.2, 0) is 6.42 Å². The molecule has 0 fully saturated rings. The molecule has 0 aromatic heterocycles. The lowest BCUT2D eigenvalue weighted by Crippen LogP contribution is -2.63. The van der Waals surface area contributed by atoms with E-state index >= 15 is 0 Å². The fourth-order valence-electron chi connectivity index (χ4n) is 1.63. The summed E-state index contributed by atoms with van der Waals surface area (Å²) in [7, 11) is -4.41. The smallest absolute Gasteiger partial charge is 0.167 e. The number of rotatable bonds is 7.